The van der Waals surface area contributed by atoms with E-state index in [0.29, 0.717) is 0 Å². The first kappa shape index (κ1) is 6.89. The van der Waals surface area contributed by atoms with E-state index < -0.39 is 17.7 Å². The molecule has 0 fully saturated rings. The maximum absolute atomic E-state index is 12.4. The van der Waals surface area contributed by atoms with Crippen molar-refractivity contribution in [2.45, 2.75) is 0 Å². The highest BCUT2D eigenvalue weighted by Crippen LogP contribution is 2.01. The second-order valence-electron chi connectivity index (χ2n) is 2.08. The van der Waals surface area contributed by atoms with Crippen molar-refractivity contribution in [3.8, 4) is 0 Å². The summed E-state index contributed by atoms with van der Waals surface area (Å²) < 4.78 is 24.7. The van der Waals surface area contributed by atoms with Gasteiger partial charge in [0.05, 0.1) is 0 Å². The van der Waals surface area contributed by atoms with Gasteiger partial charge in [-0.2, -0.15) is 18.7 Å². The molecular weight excluding hydrogens is 170 g/mol. The van der Waals surface area contributed by atoms with Gasteiger partial charge in [0.25, 0.3) is 17.7 Å². The van der Waals surface area contributed by atoms with Crippen LogP contribution in [0.25, 0.3) is 11.2 Å². The lowest BCUT2D eigenvalue weighted by Gasteiger charge is -1.85. The first-order valence-corrected chi connectivity index (χ1v) is 2.98. The van der Waals surface area contributed by atoms with Crippen molar-refractivity contribution in [3.05, 3.63) is 22.5 Å². The van der Waals surface area contributed by atoms with Crippen LogP contribution in [0.15, 0.2) is 4.79 Å². The minimum Gasteiger partial charge on any atom is -0.308 e. The molecule has 62 valence electrons. The van der Waals surface area contributed by atoms with Crippen LogP contribution in [0.4, 0.5) is 8.78 Å². The number of hydrogen-bond acceptors (Lipinski definition) is 3. The lowest BCUT2D eigenvalue weighted by molar-refractivity contribution is 0.538. The van der Waals surface area contributed by atoms with E-state index >= 15 is 0 Å². The molecule has 0 aliphatic heterocycles. The molecule has 5 nitrogen and oxygen atoms in total. The van der Waals surface area contributed by atoms with E-state index in [1.807, 2.05) is 4.98 Å². The van der Waals surface area contributed by atoms with Crippen LogP contribution >= 0.6 is 0 Å². The molecule has 12 heavy (non-hydrogen) atoms. The molecule has 0 saturated carbocycles. The van der Waals surface area contributed by atoms with Crippen molar-refractivity contribution in [2.75, 3.05) is 0 Å². The molecule has 2 aromatic heterocycles. The van der Waals surface area contributed by atoms with Gasteiger partial charge >= 0.3 is 0 Å². The summed E-state index contributed by atoms with van der Waals surface area (Å²) in [5.41, 5.74) is -1.23. The van der Waals surface area contributed by atoms with Crippen LogP contribution in [0, 0.1) is 12.2 Å². The summed E-state index contributed by atoms with van der Waals surface area (Å²) in [5.74, 6) is 0. The SMILES string of the molecule is O=c1[nH]c(F)nc2nc(F)[nH]c12. The molecule has 0 aliphatic carbocycles. The van der Waals surface area contributed by atoms with E-state index in [-0.39, 0.29) is 11.2 Å². The third-order valence-corrected chi connectivity index (χ3v) is 1.30. The third kappa shape index (κ3) is 0.865. The van der Waals surface area contributed by atoms with Crippen LogP contribution in [0.5, 0.6) is 0 Å². The highest BCUT2D eigenvalue weighted by atomic mass is 19.1. The van der Waals surface area contributed by atoms with Gasteiger partial charge in [-0.25, -0.2) is 0 Å². The van der Waals surface area contributed by atoms with Gasteiger partial charge in [-0.3, -0.25) is 9.78 Å². The predicted molar refractivity (Wildman–Crippen MR) is 34.4 cm³/mol. The van der Waals surface area contributed by atoms with Gasteiger partial charge in [0.2, 0.25) is 0 Å². The molecule has 0 saturated heterocycles. The van der Waals surface area contributed by atoms with Crippen LogP contribution in [-0.2, 0) is 0 Å². The van der Waals surface area contributed by atoms with Crippen molar-refractivity contribution < 1.29 is 8.78 Å². The number of fused-ring (bicyclic) bond motifs is 1. The summed E-state index contributed by atoms with van der Waals surface area (Å²) in [6.45, 7) is 0. The van der Waals surface area contributed by atoms with E-state index in [1.54, 1.807) is 4.98 Å². The number of aromatic amines is 2. The van der Waals surface area contributed by atoms with Crippen LogP contribution in [0.1, 0.15) is 0 Å². The van der Waals surface area contributed by atoms with Gasteiger partial charge in [-0.15, -0.1) is 0 Å². The smallest absolute Gasteiger partial charge is 0.291 e. The minimum atomic E-state index is -1.08. The summed E-state index contributed by atoms with van der Waals surface area (Å²) in [4.78, 5) is 20.9. The number of imidazole rings is 1. The summed E-state index contributed by atoms with van der Waals surface area (Å²) in [5, 5.41) is 0. The highest BCUT2D eigenvalue weighted by molar-refractivity contribution is 5.67. The zero-order valence-corrected chi connectivity index (χ0v) is 5.56. The molecule has 7 heteroatoms. The highest BCUT2D eigenvalue weighted by Gasteiger charge is 2.08. The Morgan fingerprint density at radius 1 is 1.08 bits per heavy atom. The molecule has 0 spiro atoms. The number of hydrogen-bond donors (Lipinski definition) is 2. The Balaban J connectivity index is 2.98. The number of nitrogens with zero attached hydrogens (tertiary/aromatic N) is 2. The Bertz CT molecular complexity index is 488. The second-order valence-corrected chi connectivity index (χ2v) is 2.08. The van der Waals surface area contributed by atoms with E-state index in [0.717, 1.165) is 0 Å². The van der Waals surface area contributed by atoms with E-state index in [4.69, 9.17) is 0 Å². The van der Waals surface area contributed by atoms with E-state index in [2.05, 4.69) is 9.97 Å². The van der Waals surface area contributed by atoms with Gasteiger partial charge in [-0.1, -0.05) is 0 Å². The van der Waals surface area contributed by atoms with Crippen molar-refractivity contribution in [3.63, 3.8) is 0 Å². The Labute approximate surface area is 63.5 Å². The Hall–Kier alpha value is -1.79. The van der Waals surface area contributed by atoms with Crippen LogP contribution in [0.2, 0.25) is 0 Å². The average Bonchev–Trinajstić information content (AvgIpc) is 2.29. The van der Waals surface area contributed by atoms with Crippen molar-refractivity contribution in [2.24, 2.45) is 0 Å². The molecule has 2 aromatic rings. The molecule has 0 amide bonds. The second kappa shape index (κ2) is 2.10. The van der Waals surface area contributed by atoms with Gasteiger partial charge in [0.1, 0.15) is 0 Å². The molecule has 0 bridgehead atoms. The monoisotopic (exact) mass is 172 g/mol. The fraction of sp³-hybridized carbons (Fsp3) is 0. The van der Waals surface area contributed by atoms with Crippen LogP contribution in [0.3, 0.4) is 0 Å². The lowest BCUT2D eigenvalue weighted by atomic mass is 10.5. The lowest BCUT2D eigenvalue weighted by Crippen LogP contribution is -2.10. The molecular formula is C5H2F2N4O. The van der Waals surface area contributed by atoms with Gasteiger partial charge in [0, 0.05) is 0 Å². The zero-order chi connectivity index (χ0) is 8.72. The maximum Gasteiger partial charge on any atom is 0.291 e. The van der Waals surface area contributed by atoms with Gasteiger partial charge in [-0.05, 0) is 0 Å². The Morgan fingerprint density at radius 3 is 2.33 bits per heavy atom. The van der Waals surface area contributed by atoms with Gasteiger partial charge < -0.3 is 4.98 Å². The standard InChI is InChI=1S/C5H2F2N4O/c6-4-8-1-2(9-4)10-5(7)11-3(1)12/h(H2,8,9,10,11,12). The van der Waals surface area contributed by atoms with E-state index in [9.17, 15) is 13.6 Å². The molecule has 2 heterocycles. The van der Waals surface area contributed by atoms with Crippen molar-refractivity contribution >= 4 is 11.2 Å². The number of nitrogens with one attached hydrogen (secondary N) is 2. The fourth-order valence-corrected chi connectivity index (χ4v) is 0.852. The van der Waals surface area contributed by atoms with Gasteiger partial charge in [0.15, 0.2) is 11.2 Å². The zero-order valence-electron chi connectivity index (χ0n) is 5.56. The van der Waals surface area contributed by atoms with Crippen LogP contribution < -0.4 is 5.56 Å². The molecule has 0 atom stereocenters. The summed E-state index contributed by atoms with van der Waals surface area (Å²) in [6.07, 6.45) is -2.05. The Morgan fingerprint density at radius 2 is 1.67 bits per heavy atom. The number of halogens is 2. The van der Waals surface area contributed by atoms with Crippen molar-refractivity contribution in [1.82, 2.24) is 19.9 Å². The first-order chi connectivity index (χ1) is 5.66. The molecule has 0 aromatic carbocycles. The topological polar surface area (TPSA) is 74.4 Å². The summed E-state index contributed by atoms with van der Waals surface area (Å²) in [6, 6.07) is 0. The molecule has 0 aliphatic rings. The average molecular weight is 172 g/mol. The molecule has 0 radical (unpaired) electrons. The van der Waals surface area contributed by atoms with E-state index in [1.165, 1.54) is 0 Å². The van der Waals surface area contributed by atoms with Crippen LogP contribution in [-0.4, -0.2) is 19.9 Å². The number of aromatic nitrogens is 4. The summed E-state index contributed by atoms with van der Waals surface area (Å²) >= 11 is 0. The fourth-order valence-electron chi connectivity index (χ4n) is 0.852. The Kier molecular flexibility index (Phi) is 1.20. The predicted octanol–water partition coefficient (Wildman–Crippen LogP) is -0.0756. The summed E-state index contributed by atoms with van der Waals surface area (Å²) in [7, 11) is 0. The minimum absolute atomic E-state index is 0.172. The molecule has 2 N–H and O–H groups in total. The molecule has 0 unspecified atom stereocenters. The normalized spacial score (nSPS) is 10.8. The number of H-pyrrole nitrogens is 2. The molecule has 2 rings (SSSR count). The maximum atomic E-state index is 12.4. The largest absolute Gasteiger partial charge is 0.308 e. The first-order valence-electron chi connectivity index (χ1n) is 2.98. The quantitative estimate of drug-likeness (QED) is 0.431. The number of rotatable bonds is 0. The third-order valence-electron chi connectivity index (χ3n) is 1.30. The van der Waals surface area contributed by atoms with Crippen molar-refractivity contribution in [1.29, 1.82) is 0 Å².